The van der Waals surface area contributed by atoms with Gasteiger partial charge in [0.2, 0.25) is 0 Å². The first kappa shape index (κ1) is 21.3. The maximum atomic E-state index is 12.5. The highest BCUT2D eigenvalue weighted by molar-refractivity contribution is 7.90. The van der Waals surface area contributed by atoms with E-state index in [-0.39, 0.29) is 28.7 Å². The van der Waals surface area contributed by atoms with Crippen molar-refractivity contribution in [1.82, 2.24) is 5.32 Å². The van der Waals surface area contributed by atoms with Crippen molar-refractivity contribution in [1.29, 1.82) is 0 Å². The second-order valence-electron chi connectivity index (χ2n) is 6.98. The topological polar surface area (TPSA) is 94.8 Å². The minimum Gasteiger partial charge on any atom is -0.489 e. The lowest BCUT2D eigenvalue weighted by atomic mass is 10.2. The summed E-state index contributed by atoms with van der Waals surface area (Å²) in [4.78, 5) is 12.7. The van der Waals surface area contributed by atoms with Crippen molar-refractivity contribution in [2.75, 3.05) is 13.2 Å². The molecule has 1 aromatic heterocycles. The zero-order valence-corrected chi connectivity index (χ0v) is 18.0. The Morgan fingerprint density at radius 3 is 2.61 bits per heavy atom. The Kier molecular flexibility index (Phi) is 6.20. The molecule has 0 bridgehead atoms. The van der Waals surface area contributed by atoms with Gasteiger partial charge in [-0.25, -0.2) is 8.42 Å². The van der Waals surface area contributed by atoms with E-state index in [1.54, 1.807) is 30.3 Å². The highest BCUT2D eigenvalue weighted by Crippen LogP contribution is 2.38. The molecule has 1 amide bonds. The Morgan fingerprint density at radius 2 is 1.81 bits per heavy atom. The smallest absolute Gasteiger partial charge is 0.287 e. The fraction of sp³-hybridized carbons (Fsp3) is 0.227. The van der Waals surface area contributed by atoms with Crippen LogP contribution >= 0.6 is 11.6 Å². The molecular weight excluding hydrogens is 442 g/mol. The molecule has 0 atom stereocenters. The average Bonchev–Trinajstić information content (AvgIpc) is 3.08. The van der Waals surface area contributed by atoms with Crippen LogP contribution in [-0.2, 0) is 22.1 Å². The summed E-state index contributed by atoms with van der Waals surface area (Å²) in [5.41, 5.74) is 0.737. The minimum atomic E-state index is -3.56. The van der Waals surface area contributed by atoms with Crippen molar-refractivity contribution in [3.63, 3.8) is 0 Å². The van der Waals surface area contributed by atoms with E-state index in [2.05, 4.69) is 5.32 Å². The van der Waals surface area contributed by atoms with E-state index in [4.69, 9.17) is 25.5 Å². The number of carbonyl (C=O) groups is 1. The fourth-order valence-corrected chi connectivity index (χ4v) is 4.69. The molecule has 0 aliphatic carbocycles. The number of ether oxygens (including phenoxy) is 2. The Balaban J connectivity index is 1.41. The van der Waals surface area contributed by atoms with Crippen molar-refractivity contribution in [2.24, 2.45) is 0 Å². The van der Waals surface area contributed by atoms with Gasteiger partial charge in [-0.05, 0) is 42.0 Å². The van der Waals surface area contributed by atoms with Crippen molar-refractivity contribution in [2.45, 2.75) is 23.6 Å². The zero-order valence-electron chi connectivity index (χ0n) is 16.5. The van der Waals surface area contributed by atoms with Gasteiger partial charge in [0.05, 0.1) is 23.1 Å². The van der Waals surface area contributed by atoms with Crippen LogP contribution in [0.25, 0.3) is 0 Å². The predicted octanol–water partition coefficient (Wildman–Crippen LogP) is 4.00. The van der Waals surface area contributed by atoms with Crippen LogP contribution in [-0.4, -0.2) is 27.5 Å². The number of hydrogen-bond acceptors (Lipinski definition) is 6. The van der Waals surface area contributed by atoms with E-state index in [0.717, 1.165) is 12.0 Å². The molecule has 0 unspecified atom stereocenters. The second-order valence-corrected chi connectivity index (χ2v) is 9.37. The summed E-state index contributed by atoms with van der Waals surface area (Å²) < 4.78 is 41.6. The molecule has 1 aliphatic heterocycles. The molecule has 0 fully saturated rings. The van der Waals surface area contributed by atoms with E-state index in [9.17, 15) is 13.2 Å². The maximum Gasteiger partial charge on any atom is 0.287 e. The van der Waals surface area contributed by atoms with Crippen LogP contribution in [0.4, 0.5) is 0 Å². The SMILES string of the molecule is O=C(NCc1cc(Cl)c2c(c1)OCCCO2)c1ccc(CS(=O)(=O)c2ccccc2)o1. The molecule has 0 saturated heterocycles. The van der Waals surface area contributed by atoms with Gasteiger partial charge >= 0.3 is 0 Å². The molecule has 1 aliphatic rings. The molecule has 2 heterocycles. The summed E-state index contributed by atoms with van der Waals surface area (Å²) in [6, 6.07) is 14.5. The Morgan fingerprint density at radius 1 is 1.03 bits per heavy atom. The zero-order chi connectivity index (χ0) is 21.8. The Labute approximate surface area is 184 Å². The van der Waals surface area contributed by atoms with E-state index in [0.29, 0.717) is 29.7 Å². The number of nitrogens with one attached hydrogen (secondary N) is 1. The second kappa shape index (κ2) is 9.03. The molecule has 7 nitrogen and oxygen atoms in total. The van der Waals surface area contributed by atoms with Gasteiger partial charge in [-0.15, -0.1) is 0 Å². The van der Waals surface area contributed by atoms with Gasteiger partial charge < -0.3 is 19.2 Å². The first-order valence-corrected chi connectivity index (χ1v) is 11.7. The van der Waals surface area contributed by atoms with Gasteiger partial charge in [-0.3, -0.25) is 4.79 Å². The molecule has 31 heavy (non-hydrogen) atoms. The Bertz CT molecular complexity index is 1190. The minimum absolute atomic E-state index is 0.0266. The van der Waals surface area contributed by atoms with Crippen LogP contribution in [0.15, 0.2) is 63.9 Å². The summed E-state index contributed by atoms with van der Waals surface area (Å²) in [6.45, 7) is 1.25. The number of fused-ring (bicyclic) bond motifs is 1. The van der Waals surface area contributed by atoms with Gasteiger partial charge in [0.15, 0.2) is 27.1 Å². The molecule has 9 heteroatoms. The number of rotatable bonds is 6. The fourth-order valence-electron chi connectivity index (χ4n) is 3.13. The number of sulfone groups is 1. The van der Waals surface area contributed by atoms with Crippen molar-refractivity contribution < 1.29 is 27.1 Å². The van der Waals surface area contributed by atoms with Gasteiger partial charge in [-0.2, -0.15) is 0 Å². The third-order valence-electron chi connectivity index (χ3n) is 4.64. The monoisotopic (exact) mass is 461 g/mol. The largest absolute Gasteiger partial charge is 0.489 e. The summed E-state index contributed by atoms with van der Waals surface area (Å²) in [7, 11) is -3.56. The van der Waals surface area contributed by atoms with Crippen LogP contribution in [0.3, 0.4) is 0 Å². The molecule has 1 N–H and O–H groups in total. The average molecular weight is 462 g/mol. The molecule has 0 saturated carbocycles. The maximum absolute atomic E-state index is 12.5. The molecule has 162 valence electrons. The molecular formula is C22H20ClNO6S. The number of amides is 1. The third kappa shape index (κ3) is 5.03. The lowest BCUT2D eigenvalue weighted by molar-refractivity contribution is 0.0921. The van der Waals surface area contributed by atoms with Gasteiger partial charge in [-0.1, -0.05) is 29.8 Å². The van der Waals surface area contributed by atoms with Crippen molar-refractivity contribution in [3.05, 3.63) is 76.7 Å². The van der Waals surface area contributed by atoms with E-state index in [1.165, 1.54) is 24.3 Å². The van der Waals surface area contributed by atoms with Crippen molar-refractivity contribution in [3.8, 4) is 11.5 Å². The standard InChI is InChI=1S/C22H20ClNO6S/c23-18-11-15(12-20-21(18)29-10-4-9-28-20)13-24-22(25)19-8-7-16(30-19)14-31(26,27)17-5-2-1-3-6-17/h1-3,5-8,11-12H,4,9-10,13-14H2,(H,24,25). The Hall–Kier alpha value is -2.97. The first-order chi connectivity index (χ1) is 14.9. The van der Waals surface area contributed by atoms with Crippen LogP contribution < -0.4 is 14.8 Å². The summed E-state index contributed by atoms with van der Waals surface area (Å²) in [5.74, 6) is 0.463. The molecule has 2 aromatic carbocycles. The number of carbonyl (C=O) groups excluding carboxylic acids is 1. The summed E-state index contributed by atoms with van der Waals surface area (Å²) >= 11 is 6.27. The van der Waals surface area contributed by atoms with Crippen LogP contribution in [0.5, 0.6) is 11.5 Å². The van der Waals surface area contributed by atoms with Crippen LogP contribution in [0, 0.1) is 0 Å². The predicted molar refractivity (Wildman–Crippen MR) is 114 cm³/mol. The van der Waals surface area contributed by atoms with Crippen LogP contribution in [0.1, 0.15) is 28.3 Å². The van der Waals surface area contributed by atoms with E-state index >= 15 is 0 Å². The lowest BCUT2D eigenvalue weighted by Gasteiger charge is -2.12. The highest BCUT2D eigenvalue weighted by atomic mass is 35.5. The quantitative estimate of drug-likeness (QED) is 0.596. The number of hydrogen-bond donors (Lipinski definition) is 1. The molecule has 3 aromatic rings. The first-order valence-electron chi connectivity index (χ1n) is 9.65. The van der Waals surface area contributed by atoms with Crippen LogP contribution in [0.2, 0.25) is 5.02 Å². The normalized spacial score (nSPS) is 13.5. The number of halogens is 1. The number of benzene rings is 2. The van der Waals surface area contributed by atoms with Gasteiger partial charge in [0.25, 0.3) is 5.91 Å². The van der Waals surface area contributed by atoms with E-state index in [1.807, 2.05) is 0 Å². The van der Waals surface area contributed by atoms with E-state index < -0.39 is 15.7 Å². The number of furan rings is 1. The van der Waals surface area contributed by atoms with Gasteiger partial charge in [0.1, 0.15) is 11.5 Å². The molecule has 4 rings (SSSR count). The third-order valence-corrected chi connectivity index (χ3v) is 6.57. The van der Waals surface area contributed by atoms with Gasteiger partial charge in [0, 0.05) is 13.0 Å². The molecule has 0 radical (unpaired) electrons. The van der Waals surface area contributed by atoms with Crippen molar-refractivity contribution >= 4 is 27.3 Å². The lowest BCUT2D eigenvalue weighted by Crippen LogP contribution is -2.22. The highest BCUT2D eigenvalue weighted by Gasteiger charge is 2.20. The summed E-state index contributed by atoms with van der Waals surface area (Å²) in [5, 5.41) is 3.15. The molecule has 0 spiro atoms. The summed E-state index contributed by atoms with van der Waals surface area (Å²) in [6.07, 6.45) is 0.762.